The van der Waals surface area contributed by atoms with Gasteiger partial charge in [0.15, 0.2) is 0 Å². The quantitative estimate of drug-likeness (QED) is 0.203. The van der Waals surface area contributed by atoms with Gasteiger partial charge >= 0.3 is 240 Å². The van der Waals surface area contributed by atoms with Crippen molar-refractivity contribution < 1.29 is 18.3 Å². The number of allylic oxidation sites excluding steroid dienone is 4. The Morgan fingerprint density at radius 3 is 1.95 bits per heavy atom. The second-order valence-electron chi connectivity index (χ2n) is 14.6. The van der Waals surface area contributed by atoms with Gasteiger partial charge < -0.3 is 0 Å². The van der Waals surface area contributed by atoms with Crippen molar-refractivity contribution in [1.82, 2.24) is 0 Å². The molecule has 220 valence electrons. The van der Waals surface area contributed by atoms with Gasteiger partial charge in [0.2, 0.25) is 0 Å². The standard InChI is InChI=1S/C21H25.C8H11.C6H5.C2H5.CH2.2ClH.Zr/c1-20(2,3)16-7-9-18-14(12-16)11-15-13-17(21(4,5)6)8-10-19(15)18;1-6-4-7(2)8(3)5-6;1-2-4-6-5-3-1;1-2;;;;/h7-10,12H,11H2,1-6H3;4,6H,1-3H3;1-5H;1H2,2H3;1H2;2*1H;. The van der Waals surface area contributed by atoms with Gasteiger partial charge in [-0.05, 0) is 0 Å². The first-order valence-electron chi connectivity index (χ1n) is 14.9. The number of fused-ring (bicyclic) bond motifs is 3. The summed E-state index contributed by atoms with van der Waals surface area (Å²) in [6.07, 6.45) is 3.51. The fraction of sp³-hybridized carbons (Fsp3) is 0.395. The van der Waals surface area contributed by atoms with E-state index in [1.54, 1.807) is 12.1 Å². The fourth-order valence-electron chi connectivity index (χ4n) is 8.04. The average Bonchev–Trinajstić information content (AvgIpc) is 3.38. The first-order valence-corrected chi connectivity index (χ1v) is 22.1. The Balaban J connectivity index is 0.00000231. The molecule has 0 radical (unpaired) electrons. The third-order valence-corrected chi connectivity index (χ3v) is 27.9. The molecule has 41 heavy (non-hydrogen) atoms. The van der Waals surface area contributed by atoms with Gasteiger partial charge in [0.1, 0.15) is 0 Å². The summed E-state index contributed by atoms with van der Waals surface area (Å²) < 4.78 is 11.6. The van der Waals surface area contributed by atoms with Gasteiger partial charge in [0.25, 0.3) is 0 Å². The number of hydrogen-bond acceptors (Lipinski definition) is 0. The molecule has 0 nitrogen and oxygen atoms in total. The summed E-state index contributed by atoms with van der Waals surface area (Å²) in [6.45, 7) is 23.8. The van der Waals surface area contributed by atoms with Gasteiger partial charge in [-0.1, -0.05) is 0 Å². The van der Waals surface area contributed by atoms with Crippen LogP contribution in [0.2, 0.25) is 4.13 Å². The molecule has 0 fully saturated rings. The Morgan fingerprint density at radius 2 is 1.44 bits per heavy atom. The summed E-state index contributed by atoms with van der Waals surface area (Å²) in [5, 5.41) is 0. The SMILES string of the molecule is Cl.Cl.[CH2]=[Zr]([CH2]C)([C]1=C(C)C(C)=CC1C)([c]1ccccc1)[c]1c(C(C)(C)C)ccc2c1Cc1cc(C(C)(C)C)ccc1-2. The van der Waals surface area contributed by atoms with E-state index in [9.17, 15) is 0 Å². The topological polar surface area (TPSA) is 0 Å². The molecule has 3 aromatic rings. The van der Waals surface area contributed by atoms with Crippen LogP contribution in [-0.4, -0.2) is 4.21 Å². The van der Waals surface area contributed by atoms with Crippen LogP contribution in [-0.2, 0) is 35.5 Å². The monoisotopic (exact) mass is 666 g/mol. The zero-order valence-corrected chi connectivity index (χ0v) is 31.0. The van der Waals surface area contributed by atoms with Crippen LogP contribution in [0, 0.1) is 5.92 Å². The third kappa shape index (κ3) is 5.07. The van der Waals surface area contributed by atoms with E-state index in [4.69, 9.17) is 4.21 Å². The van der Waals surface area contributed by atoms with Gasteiger partial charge in [0.05, 0.1) is 0 Å². The second kappa shape index (κ2) is 11.2. The zero-order valence-electron chi connectivity index (χ0n) is 26.9. The van der Waals surface area contributed by atoms with Crippen molar-refractivity contribution in [1.29, 1.82) is 0 Å². The Kier molecular flexibility index (Phi) is 9.27. The van der Waals surface area contributed by atoms with E-state index in [-0.39, 0.29) is 35.6 Å². The van der Waals surface area contributed by atoms with Crippen molar-refractivity contribution >= 4 is 35.6 Å². The van der Waals surface area contributed by atoms with E-state index in [2.05, 4.69) is 136 Å². The molecule has 0 heterocycles. The van der Waals surface area contributed by atoms with Gasteiger partial charge in [0, 0.05) is 0 Å². The second-order valence-corrected chi connectivity index (χ2v) is 28.6. The van der Waals surface area contributed by atoms with E-state index in [1.165, 1.54) is 42.2 Å². The van der Waals surface area contributed by atoms with E-state index in [1.807, 2.05) is 0 Å². The Morgan fingerprint density at radius 1 is 0.829 bits per heavy atom. The molecule has 2 aliphatic carbocycles. The molecular formula is C38H50Cl2Zr. The first-order chi connectivity index (χ1) is 18.1. The van der Waals surface area contributed by atoms with Crippen LogP contribution >= 0.6 is 24.8 Å². The predicted octanol–water partition coefficient (Wildman–Crippen LogP) is 10.1. The van der Waals surface area contributed by atoms with E-state index in [0.29, 0.717) is 5.92 Å². The normalized spacial score (nSPS) is 17.0. The molecule has 5 rings (SSSR count). The Labute approximate surface area is 263 Å². The number of halogens is 2. The van der Waals surface area contributed by atoms with Crippen molar-refractivity contribution in [2.24, 2.45) is 5.92 Å². The van der Waals surface area contributed by atoms with Crippen LogP contribution in [0.4, 0.5) is 0 Å². The molecule has 3 heteroatoms. The first kappa shape index (κ1) is 34.0. The summed E-state index contributed by atoms with van der Waals surface area (Å²) in [4.78, 5) is 0. The summed E-state index contributed by atoms with van der Waals surface area (Å²) in [5.41, 5.74) is 11.9. The molecule has 3 aromatic carbocycles. The zero-order chi connectivity index (χ0) is 28.6. The van der Waals surface area contributed by atoms with Gasteiger partial charge in [-0.3, -0.25) is 0 Å². The summed E-state index contributed by atoms with van der Waals surface area (Å²) in [6, 6.07) is 23.7. The molecule has 0 spiro atoms. The molecule has 1 atom stereocenters. The minimum atomic E-state index is -4.42. The maximum atomic E-state index is 5.67. The van der Waals surface area contributed by atoms with Crippen LogP contribution in [0.5, 0.6) is 0 Å². The summed E-state index contributed by atoms with van der Waals surface area (Å²) in [5.74, 6) is 0.410. The van der Waals surface area contributed by atoms with Gasteiger partial charge in [-0.2, -0.15) is 0 Å². The molecule has 2 aliphatic rings. The minimum absolute atomic E-state index is 0. The van der Waals surface area contributed by atoms with Crippen molar-refractivity contribution in [3.8, 4) is 11.1 Å². The molecule has 0 bridgehead atoms. The molecular weight excluding hydrogens is 619 g/mol. The molecule has 0 aliphatic heterocycles. The average molecular weight is 669 g/mol. The van der Waals surface area contributed by atoms with E-state index in [0.717, 1.165) is 10.5 Å². The van der Waals surface area contributed by atoms with Crippen molar-refractivity contribution in [2.75, 3.05) is 0 Å². The van der Waals surface area contributed by atoms with Crippen molar-refractivity contribution in [2.45, 2.75) is 90.6 Å². The van der Waals surface area contributed by atoms with Crippen LogP contribution in [0.3, 0.4) is 0 Å². The van der Waals surface area contributed by atoms with Crippen LogP contribution < -0.4 is 6.54 Å². The third-order valence-electron chi connectivity index (χ3n) is 10.2. The fourth-order valence-corrected chi connectivity index (χ4v) is 26.1. The van der Waals surface area contributed by atoms with Crippen LogP contribution in [0.1, 0.15) is 91.5 Å². The molecule has 0 amide bonds. The molecule has 0 saturated carbocycles. The Hall–Kier alpha value is -1.53. The Bertz CT molecular complexity index is 1610. The van der Waals surface area contributed by atoms with E-state index >= 15 is 0 Å². The van der Waals surface area contributed by atoms with Crippen molar-refractivity contribution in [3.05, 3.63) is 103 Å². The van der Waals surface area contributed by atoms with Crippen molar-refractivity contribution in [3.63, 3.8) is 0 Å². The molecule has 0 saturated heterocycles. The summed E-state index contributed by atoms with van der Waals surface area (Å²) >= 11 is -4.42. The van der Waals surface area contributed by atoms with E-state index < -0.39 is 18.3 Å². The van der Waals surface area contributed by atoms with Crippen LogP contribution in [0.15, 0.2) is 81.2 Å². The summed E-state index contributed by atoms with van der Waals surface area (Å²) in [7, 11) is 0. The van der Waals surface area contributed by atoms with Crippen LogP contribution in [0.25, 0.3) is 11.1 Å². The van der Waals surface area contributed by atoms with Gasteiger partial charge in [-0.15, -0.1) is 24.8 Å². The van der Waals surface area contributed by atoms with Gasteiger partial charge in [-0.25, -0.2) is 0 Å². The molecule has 0 N–H and O–H groups in total. The predicted molar refractivity (Wildman–Crippen MR) is 186 cm³/mol. The maximum absolute atomic E-state index is 5.67. The number of rotatable bonds is 4. The molecule has 0 aromatic heterocycles. The molecule has 1 unspecified atom stereocenters. The number of benzene rings is 3. The number of hydrogen-bond donors (Lipinski definition) is 0.